The van der Waals surface area contributed by atoms with Gasteiger partial charge in [0.2, 0.25) is 0 Å². The standard InChI is InChI=1S/C2H9B3.H3P.Rh/c1-2-4-5-3;;/h4-5H,2-3H2,1H3;1H3;. The molecule has 0 heterocycles. The minimum atomic E-state index is 0. The Hall–Kier alpha value is 1.25. The van der Waals surface area contributed by atoms with E-state index in [4.69, 9.17) is 0 Å². The van der Waals surface area contributed by atoms with Crippen LogP contribution in [0.15, 0.2) is 0 Å². The van der Waals surface area contributed by atoms with Crippen molar-refractivity contribution in [2.24, 2.45) is 0 Å². The number of rotatable bonds is 2. The van der Waals surface area contributed by atoms with E-state index in [9.17, 15) is 0 Å². The molecule has 0 aromatic rings. The fourth-order valence-electron chi connectivity index (χ4n) is 0.354. The molecule has 0 aliphatic rings. The second kappa shape index (κ2) is 15.7. The average molecular weight is 202 g/mol. The number of hydrogen-bond donors (Lipinski definition) is 0. The summed E-state index contributed by atoms with van der Waals surface area (Å²) in [6, 6.07) is 0. The first-order valence-corrected chi connectivity index (χ1v) is 2.41. The van der Waals surface area contributed by atoms with Gasteiger partial charge in [-0.25, -0.2) is 0 Å². The Morgan fingerprint density at radius 3 is 2.00 bits per heavy atom. The van der Waals surface area contributed by atoms with Gasteiger partial charge in [0.25, 0.3) is 0 Å². The van der Waals surface area contributed by atoms with Crippen molar-refractivity contribution in [3.8, 4) is 0 Å². The summed E-state index contributed by atoms with van der Waals surface area (Å²) in [6.45, 7) is 2.21. The fraction of sp³-hybridized carbons (Fsp3) is 1.00. The molecule has 0 amide bonds. The molecule has 0 saturated carbocycles. The van der Waals surface area contributed by atoms with Crippen molar-refractivity contribution in [1.82, 2.24) is 0 Å². The Balaban J connectivity index is -0.0000000800. The molecule has 1 radical (unpaired) electrons. The normalized spacial score (nSPS) is 4.71. The third kappa shape index (κ3) is 18.9. The van der Waals surface area contributed by atoms with Gasteiger partial charge in [-0.1, -0.05) is 13.2 Å². The van der Waals surface area contributed by atoms with Crippen LogP contribution in [0.1, 0.15) is 6.92 Å². The molecule has 0 aromatic carbocycles. The molecule has 0 saturated heterocycles. The van der Waals surface area contributed by atoms with Crippen LogP contribution >= 0.6 is 9.90 Å². The largest absolute Gasteiger partial charge is 0.153 e. The van der Waals surface area contributed by atoms with E-state index < -0.39 is 0 Å². The SMILES string of the molecule is BBBCC.P.[Rh]. The summed E-state index contributed by atoms with van der Waals surface area (Å²) < 4.78 is 0. The molecule has 0 aliphatic carbocycles. The fourth-order valence-corrected chi connectivity index (χ4v) is 0.354. The Morgan fingerprint density at radius 2 is 2.00 bits per heavy atom. The van der Waals surface area contributed by atoms with Crippen LogP contribution in [0, 0.1) is 0 Å². The van der Waals surface area contributed by atoms with Gasteiger partial charge in [0.05, 0.1) is 22.0 Å². The van der Waals surface area contributed by atoms with Gasteiger partial charge in [-0.05, 0) is 0 Å². The third-order valence-corrected chi connectivity index (χ3v) is 0.707. The zero-order valence-electron chi connectivity index (χ0n) is 5.16. The summed E-state index contributed by atoms with van der Waals surface area (Å²) in [4.78, 5) is 0. The molecular weight excluding hydrogens is 190 g/mol. The van der Waals surface area contributed by atoms with Crippen LogP contribution in [-0.4, -0.2) is 22.0 Å². The van der Waals surface area contributed by atoms with Crippen molar-refractivity contribution >= 4 is 31.9 Å². The summed E-state index contributed by atoms with van der Waals surface area (Å²) in [5, 5.41) is 0. The van der Waals surface area contributed by atoms with E-state index in [1.54, 1.807) is 0 Å². The Kier molecular flexibility index (Phi) is 35.2. The molecule has 0 aromatic heterocycles. The molecule has 0 spiro atoms. The summed E-state index contributed by atoms with van der Waals surface area (Å²) in [5.74, 6) is 0. The minimum absolute atomic E-state index is 0. The summed E-state index contributed by atoms with van der Waals surface area (Å²) >= 11 is 0. The third-order valence-electron chi connectivity index (χ3n) is 0.707. The van der Waals surface area contributed by atoms with E-state index >= 15 is 0 Å². The Bertz CT molecular complexity index is 20.4. The van der Waals surface area contributed by atoms with Crippen molar-refractivity contribution in [3.63, 3.8) is 0 Å². The topological polar surface area (TPSA) is 0 Å². The molecule has 0 fully saturated rings. The van der Waals surface area contributed by atoms with Crippen molar-refractivity contribution in [1.29, 1.82) is 0 Å². The first kappa shape index (κ1) is 15.7. The maximum absolute atomic E-state index is 2.21. The van der Waals surface area contributed by atoms with Crippen LogP contribution in [0.5, 0.6) is 0 Å². The van der Waals surface area contributed by atoms with Crippen molar-refractivity contribution in [2.75, 3.05) is 0 Å². The maximum Gasteiger partial charge on any atom is 0.0776 e. The van der Waals surface area contributed by atoms with E-state index in [1.165, 1.54) is 20.6 Å². The summed E-state index contributed by atoms with van der Waals surface area (Å²) in [5.41, 5.74) is 0. The summed E-state index contributed by atoms with van der Waals surface area (Å²) in [6.07, 6.45) is 1.34. The molecule has 7 heavy (non-hydrogen) atoms. The molecule has 43 valence electrons. The molecule has 1 atom stereocenters. The number of hydrogen-bond acceptors (Lipinski definition) is 0. The van der Waals surface area contributed by atoms with E-state index in [-0.39, 0.29) is 29.4 Å². The van der Waals surface area contributed by atoms with Crippen LogP contribution < -0.4 is 0 Å². The Morgan fingerprint density at radius 1 is 1.57 bits per heavy atom. The van der Waals surface area contributed by atoms with Crippen molar-refractivity contribution < 1.29 is 19.5 Å². The predicted octanol–water partition coefficient (Wildman–Crippen LogP) is -1.18. The van der Waals surface area contributed by atoms with Gasteiger partial charge in [-0.2, -0.15) is 9.90 Å². The molecule has 0 bridgehead atoms. The van der Waals surface area contributed by atoms with Gasteiger partial charge in [0, 0.05) is 19.5 Å². The molecule has 0 N–H and O–H groups in total. The molecule has 1 unspecified atom stereocenters. The van der Waals surface area contributed by atoms with Crippen molar-refractivity contribution in [3.05, 3.63) is 0 Å². The quantitative estimate of drug-likeness (QED) is 0.390. The van der Waals surface area contributed by atoms with Gasteiger partial charge in [0.15, 0.2) is 0 Å². The second-order valence-corrected chi connectivity index (χ2v) is 1.35. The minimum Gasteiger partial charge on any atom is -0.153 e. The molecule has 0 rings (SSSR count). The second-order valence-electron chi connectivity index (χ2n) is 1.35. The molecule has 0 nitrogen and oxygen atoms in total. The van der Waals surface area contributed by atoms with Gasteiger partial charge >= 0.3 is 0 Å². The first-order valence-electron chi connectivity index (χ1n) is 2.41. The van der Waals surface area contributed by atoms with Gasteiger partial charge in [0.1, 0.15) is 0 Å². The van der Waals surface area contributed by atoms with Gasteiger partial charge in [-0.15, -0.1) is 0 Å². The van der Waals surface area contributed by atoms with E-state index in [2.05, 4.69) is 14.7 Å². The Labute approximate surface area is 64.8 Å². The predicted molar refractivity (Wildman–Crippen MR) is 44.4 cm³/mol. The van der Waals surface area contributed by atoms with E-state index in [0.717, 1.165) is 0 Å². The van der Waals surface area contributed by atoms with Gasteiger partial charge in [-0.3, -0.25) is 0 Å². The zero-order chi connectivity index (χ0) is 4.12. The van der Waals surface area contributed by atoms with Crippen LogP contribution in [-0.2, 0) is 19.5 Å². The molecular formula is C2H12B3PRh. The summed E-state index contributed by atoms with van der Waals surface area (Å²) in [7, 11) is 4.94. The van der Waals surface area contributed by atoms with Crippen LogP contribution in [0.25, 0.3) is 0 Å². The van der Waals surface area contributed by atoms with Crippen LogP contribution in [0.4, 0.5) is 0 Å². The van der Waals surface area contributed by atoms with Crippen LogP contribution in [0.2, 0.25) is 6.32 Å². The average Bonchev–Trinajstić information content (AvgIpc) is 1.41. The van der Waals surface area contributed by atoms with E-state index in [0.29, 0.717) is 0 Å². The van der Waals surface area contributed by atoms with Gasteiger partial charge < -0.3 is 0 Å². The maximum atomic E-state index is 2.21. The molecule has 5 heteroatoms. The molecule has 0 aliphatic heterocycles. The van der Waals surface area contributed by atoms with Crippen LogP contribution in [0.3, 0.4) is 0 Å². The monoisotopic (exact) mass is 203 g/mol. The zero-order valence-corrected chi connectivity index (χ0v) is 8.21. The first-order chi connectivity index (χ1) is 2.41. The smallest absolute Gasteiger partial charge is 0.0776 e. The van der Waals surface area contributed by atoms with Crippen molar-refractivity contribution in [2.45, 2.75) is 13.2 Å². The van der Waals surface area contributed by atoms with E-state index in [1.807, 2.05) is 0 Å².